The number of rotatable bonds is 4. The first-order chi connectivity index (χ1) is 15.5. The van der Waals surface area contributed by atoms with Gasteiger partial charge in [-0.1, -0.05) is 17.7 Å². The quantitative estimate of drug-likeness (QED) is 0.475. The standard InChI is InChI=1S/C22H20ClF2N7/c1-31-11-14(8-28-31)21-22(30-18-9-27-20(23)7-17(18)29-21)19-10-26-4-5-32(19)12-13-2-3-15(24)6-16(13)25/h2-3,6-9,11,19,26H,4-5,10,12H2,1H3. The molecule has 1 N–H and O–H groups in total. The lowest BCUT2D eigenvalue weighted by Gasteiger charge is -2.36. The summed E-state index contributed by atoms with van der Waals surface area (Å²) in [5.74, 6) is -1.15. The van der Waals surface area contributed by atoms with Crippen LogP contribution in [-0.4, -0.2) is 49.3 Å². The maximum Gasteiger partial charge on any atom is 0.131 e. The molecule has 0 spiro atoms. The van der Waals surface area contributed by atoms with Crippen LogP contribution in [0.25, 0.3) is 22.3 Å². The molecule has 0 saturated carbocycles. The van der Waals surface area contributed by atoms with Crippen molar-refractivity contribution in [2.24, 2.45) is 7.05 Å². The third-order valence-corrected chi connectivity index (χ3v) is 5.79. The zero-order chi connectivity index (χ0) is 22.2. The fourth-order valence-electron chi connectivity index (χ4n) is 4.01. The van der Waals surface area contributed by atoms with E-state index in [1.807, 2.05) is 13.2 Å². The van der Waals surface area contributed by atoms with Gasteiger partial charge in [-0.15, -0.1) is 0 Å². The molecule has 5 rings (SSSR count). The minimum absolute atomic E-state index is 0.184. The average molecular weight is 456 g/mol. The number of benzene rings is 1. The lowest BCUT2D eigenvalue weighted by atomic mass is 10.0. The molecule has 3 aromatic heterocycles. The summed E-state index contributed by atoms with van der Waals surface area (Å²) >= 11 is 6.07. The molecule has 32 heavy (non-hydrogen) atoms. The molecule has 1 aliphatic rings. The summed E-state index contributed by atoms with van der Waals surface area (Å²) in [7, 11) is 1.84. The fraction of sp³-hybridized carbons (Fsp3) is 0.273. The monoisotopic (exact) mass is 455 g/mol. The number of hydrogen-bond acceptors (Lipinski definition) is 6. The summed E-state index contributed by atoms with van der Waals surface area (Å²) in [6.07, 6.45) is 5.21. The van der Waals surface area contributed by atoms with Gasteiger partial charge >= 0.3 is 0 Å². The highest BCUT2D eigenvalue weighted by atomic mass is 35.5. The zero-order valence-electron chi connectivity index (χ0n) is 17.3. The first-order valence-electron chi connectivity index (χ1n) is 10.2. The van der Waals surface area contributed by atoms with Crippen LogP contribution in [0.15, 0.2) is 42.9 Å². The van der Waals surface area contributed by atoms with Crippen LogP contribution in [0.4, 0.5) is 8.78 Å². The van der Waals surface area contributed by atoms with Gasteiger partial charge in [0.2, 0.25) is 0 Å². The SMILES string of the molecule is Cn1cc(-c2nc3cc(Cl)ncc3nc2C2CNCCN2Cc2ccc(F)cc2F)cn1. The second-order valence-corrected chi connectivity index (χ2v) is 8.17. The van der Waals surface area contributed by atoms with Gasteiger partial charge in [0.05, 0.1) is 35.3 Å². The lowest BCUT2D eigenvalue weighted by Crippen LogP contribution is -2.46. The topological polar surface area (TPSA) is 71.8 Å². The molecular formula is C22H20ClF2N7. The van der Waals surface area contributed by atoms with E-state index in [1.54, 1.807) is 23.1 Å². The number of hydrogen-bond donors (Lipinski definition) is 1. The molecule has 4 heterocycles. The molecule has 1 unspecified atom stereocenters. The summed E-state index contributed by atoms with van der Waals surface area (Å²) in [5, 5.41) is 8.01. The Hall–Kier alpha value is -3.01. The number of pyridine rings is 1. The van der Waals surface area contributed by atoms with Gasteiger partial charge in [-0.2, -0.15) is 5.10 Å². The van der Waals surface area contributed by atoms with Crippen molar-refractivity contribution >= 4 is 22.6 Å². The maximum atomic E-state index is 14.4. The second-order valence-electron chi connectivity index (χ2n) is 7.78. The molecule has 4 aromatic rings. The predicted molar refractivity (Wildman–Crippen MR) is 117 cm³/mol. The van der Waals surface area contributed by atoms with Crippen molar-refractivity contribution in [3.05, 3.63) is 70.9 Å². The Kier molecular flexibility index (Phi) is 5.54. The van der Waals surface area contributed by atoms with Gasteiger partial charge in [0.25, 0.3) is 0 Å². The van der Waals surface area contributed by atoms with Crippen molar-refractivity contribution in [3.63, 3.8) is 0 Å². The van der Waals surface area contributed by atoms with Crippen molar-refractivity contribution in [1.82, 2.24) is 34.9 Å². The van der Waals surface area contributed by atoms with Crippen molar-refractivity contribution < 1.29 is 8.78 Å². The van der Waals surface area contributed by atoms with E-state index in [0.29, 0.717) is 47.1 Å². The van der Waals surface area contributed by atoms with E-state index in [4.69, 9.17) is 21.6 Å². The van der Waals surface area contributed by atoms with Crippen LogP contribution in [0, 0.1) is 11.6 Å². The van der Waals surface area contributed by atoms with Gasteiger partial charge in [0, 0.05) is 62.7 Å². The summed E-state index contributed by atoms with van der Waals surface area (Å²) < 4.78 is 29.5. The van der Waals surface area contributed by atoms with Crippen molar-refractivity contribution in [1.29, 1.82) is 0 Å². The Morgan fingerprint density at radius 3 is 2.81 bits per heavy atom. The molecule has 164 valence electrons. The van der Waals surface area contributed by atoms with Gasteiger partial charge in [0.1, 0.15) is 22.3 Å². The minimum Gasteiger partial charge on any atom is -0.313 e. The minimum atomic E-state index is -0.589. The molecule has 10 heteroatoms. The van der Waals surface area contributed by atoms with E-state index in [2.05, 4.69) is 20.3 Å². The van der Waals surface area contributed by atoms with Crippen LogP contribution in [0.5, 0.6) is 0 Å². The molecule has 0 radical (unpaired) electrons. The van der Waals surface area contributed by atoms with Crippen LogP contribution in [0.2, 0.25) is 5.15 Å². The summed E-state index contributed by atoms with van der Waals surface area (Å²) in [5.41, 5.74) is 3.94. The van der Waals surface area contributed by atoms with Gasteiger partial charge < -0.3 is 5.32 Å². The molecule has 0 amide bonds. The summed E-state index contributed by atoms with van der Waals surface area (Å²) in [6.45, 7) is 2.35. The molecule has 1 atom stereocenters. The Labute approximate surface area is 188 Å². The van der Waals surface area contributed by atoms with Crippen LogP contribution >= 0.6 is 11.6 Å². The van der Waals surface area contributed by atoms with Crippen LogP contribution in [0.3, 0.4) is 0 Å². The normalized spacial score (nSPS) is 17.2. The van der Waals surface area contributed by atoms with E-state index in [0.717, 1.165) is 23.9 Å². The largest absolute Gasteiger partial charge is 0.313 e. The van der Waals surface area contributed by atoms with E-state index in [-0.39, 0.29) is 6.04 Å². The summed E-state index contributed by atoms with van der Waals surface area (Å²) in [4.78, 5) is 16.0. The van der Waals surface area contributed by atoms with Crippen molar-refractivity contribution in [3.8, 4) is 11.3 Å². The molecule has 0 aliphatic carbocycles. The van der Waals surface area contributed by atoms with Crippen molar-refractivity contribution in [2.75, 3.05) is 19.6 Å². The predicted octanol–water partition coefficient (Wildman–Crippen LogP) is 3.50. The van der Waals surface area contributed by atoms with Crippen LogP contribution in [0.1, 0.15) is 17.3 Å². The van der Waals surface area contributed by atoms with Crippen LogP contribution in [-0.2, 0) is 13.6 Å². The molecular weight excluding hydrogens is 436 g/mol. The highest BCUT2D eigenvalue weighted by Gasteiger charge is 2.30. The van der Waals surface area contributed by atoms with Gasteiger partial charge in [-0.3, -0.25) is 9.58 Å². The smallest absolute Gasteiger partial charge is 0.131 e. The van der Waals surface area contributed by atoms with Crippen LogP contribution < -0.4 is 5.32 Å². The molecule has 7 nitrogen and oxygen atoms in total. The Morgan fingerprint density at radius 1 is 1.16 bits per heavy atom. The molecule has 1 fully saturated rings. The number of aromatic nitrogens is 5. The first-order valence-corrected chi connectivity index (χ1v) is 10.6. The number of halogens is 3. The van der Waals surface area contributed by atoms with Gasteiger partial charge in [0.15, 0.2) is 0 Å². The maximum absolute atomic E-state index is 14.4. The number of aryl methyl sites for hydroxylation is 1. The van der Waals surface area contributed by atoms with E-state index in [1.165, 1.54) is 12.1 Å². The molecule has 1 aliphatic heterocycles. The Morgan fingerprint density at radius 2 is 2.03 bits per heavy atom. The zero-order valence-corrected chi connectivity index (χ0v) is 18.0. The third kappa shape index (κ3) is 4.06. The number of nitrogens with one attached hydrogen (secondary N) is 1. The number of piperazine rings is 1. The van der Waals surface area contributed by atoms with Gasteiger partial charge in [-0.25, -0.2) is 23.7 Å². The van der Waals surface area contributed by atoms with E-state index in [9.17, 15) is 8.78 Å². The highest BCUT2D eigenvalue weighted by molar-refractivity contribution is 6.29. The fourth-order valence-corrected chi connectivity index (χ4v) is 4.16. The second kappa shape index (κ2) is 8.50. The number of fused-ring (bicyclic) bond motifs is 1. The average Bonchev–Trinajstić information content (AvgIpc) is 3.21. The Balaban J connectivity index is 1.61. The number of nitrogens with zero attached hydrogens (tertiary/aromatic N) is 6. The Bertz CT molecular complexity index is 1290. The lowest BCUT2D eigenvalue weighted by molar-refractivity contribution is 0.149. The van der Waals surface area contributed by atoms with Gasteiger partial charge in [-0.05, 0) is 6.07 Å². The van der Waals surface area contributed by atoms with Crippen molar-refractivity contribution in [2.45, 2.75) is 12.6 Å². The van der Waals surface area contributed by atoms with E-state index >= 15 is 0 Å². The summed E-state index contributed by atoms with van der Waals surface area (Å²) in [6, 6.07) is 5.18. The third-order valence-electron chi connectivity index (χ3n) is 5.58. The first kappa shape index (κ1) is 20.9. The highest BCUT2D eigenvalue weighted by Crippen LogP contribution is 2.32. The van der Waals surface area contributed by atoms with E-state index < -0.39 is 11.6 Å². The molecule has 1 aromatic carbocycles. The molecule has 1 saturated heterocycles. The molecule has 0 bridgehead atoms.